The van der Waals surface area contributed by atoms with E-state index in [1.807, 2.05) is 0 Å². The first-order valence-corrected chi connectivity index (χ1v) is 4.13. The number of hydrogen-bond donors (Lipinski definition) is 1. The molecular weight excluding hydrogens is 146 g/mol. The lowest BCUT2D eigenvalue weighted by molar-refractivity contribution is 0.410. The molecule has 0 aromatic heterocycles. The third-order valence-corrected chi connectivity index (χ3v) is 1.47. The van der Waals surface area contributed by atoms with Crippen molar-refractivity contribution in [3.05, 3.63) is 23.4 Å². The monoisotopic (exact) mass is 170 g/mol. The molecule has 0 aromatic carbocycles. The van der Waals surface area contributed by atoms with Crippen molar-refractivity contribution in [2.45, 2.75) is 34.0 Å². The molecule has 1 heteroatoms. The van der Waals surface area contributed by atoms with Crippen LogP contribution in [0.25, 0.3) is 0 Å². The summed E-state index contributed by atoms with van der Waals surface area (Å²) >= 11 is 0. The number of hydrogen-bond acceptors (Lipinski definition) is 1. The summed E-state index contributed by atoms with van der Waals surface area (Å²) in [7, 11) is 0. The summed E-state index contributed by atoms with van der Waals surface area (Å²) in [5, 5.41) is 2.83. The fraction of sp³-hybridized carbons (Fsp3) is 0.636. The summed E-state index contributed by atoms with van der Waals surface area (Å²) in [6.07, 6.45) is 1.37. The lowest BCUT2D eigenvalue weighted by atomic mass is 9.85. The molecule has 0 atom stereocenters. The molecule has 0 radical (unpaired) electrons. The van der Waals surface area contributed by atoms with Crippen molar-refractivity contribution in [2.75, 3.05) is 6.54 Å². The Morgan fingerprint density at radius 1 is 1.67 bits per heavy atom. The molecule has 0 fully saturated rings. The van der Waals surface area contributed by atoms with E-state index in [0.29, 0.717) is 6.54 Å². The molecule has 0 saturated carbocycles. The highest BCUT2D eigenvalue weighted by atomic mass is 14.8. The van der Waals surface area contributed by atoms with Gasteiger partial charge in [-0.1, -0.05) is 26.8 Å². The van der Waals surface area contributed by atoms with E-state index in [1.165, 1.54) is 6.20 Å². The molecule has 0 aliphatic carbocycles. The van der Waals surface area contributed by atoms with Crippen LogP contribution >= 0.6 is 0 Å². The van der Waals surface area contributed by atoms with Crippen LogP contribution in [-0.2, 0) is 0 Å². The molecule has 1 aliphatic heterocycles. The molecule has 0 spiro atoms. The molecule has 1 heterocycles. The summed E-state index contributed by atoms with van der Waals surface area (Å²) in [6.45, 7) is 3.48. The molecule has 12 heavy (non-hydrogen) atoms. The van der Waals surface area contributed by atoms with Crippen LogP contribution in [0.1, 0.15) is 40.8 Å². The van der Waals surface area contributed by atoms with Gasteiger partial charge in [-0.25, -0.2) is 0 Å². The van der Waals surface area contributed by atoms with E-state index in [2.05, 4.69) is 5.32 Å². The fourth-order valence-electron chi connectivity index (χ4n) is 1.03. The summed E-state index contributed by atoms with van der Waals surface area (Å²) in [4.78, 5) is 0. The van der Waals surface area contributed by atoms with Gasteiger partial charge >= 0.3 is 0 Å². The molecule has 0 saturated heterocycles. The van der Waals surface area contributed by atoms with Crippen molar-refractivity contribution in [1.82, 2.24) is 5.32 Å². The van der Waals surface area contributed by atoms with Gasteiger partial charge < -0.3 is 5.32 Å². The lowest BCUT2D eigenvalue weighted by Crippen LogP contribution is -2.15. The average Bonchev–Trinajstić information content (AvgIpc) is 2.14. The maximum absolute atomic E-state index is 8.16. The average molecular weight is 170 g/mol. The highest BCUT2D eigenvalue weighted by Crippen LogP contribution is 2.28. The topological polar surface area (TPSA) is 12.0 Å². The van der Waals surface area contributed by atoms with Crippen molar-refractivity contribution >= 4 is 0 Å². The van der Waals surface area contributed by atoms with Crippen molar-refractivity contribution in [2.24, 2.45) is 5.41 Å². The number of dihydropyridines is 1. The predicted octanol–water partition coefficient (Wildman–Crippen LogP) is 2.86. The number of nitrogens with one attached hydrogen (secondary N) is 1. The van der Waals surface area contributed by atoms with Crippen molar-refractivity contribution in [3.8, 4) is 0 Å². The largest absolute Gasteiger partial charge is 0.387 e. The van der Waals surface area contributed by atoms with Gasteiger partial charge in [0.05, 0.1) is 0 Å². The first kappa shape index (κ1) is 4.50. The van der Waals surface area contributed by atoms with Gasteiger partial charge in [-0.05, 0) is 36.0 Å². The normalized spacial score (nSPS) is 26.4. The Kier molecular flexibility index (Phi) is 1.25. The Morgan fingerprint density at radius 3 is 3.00 bits per heavy atom. The van der Waals surface area contributed by atoms with E-state index >= 15 is 0 Å². The van der Waals surface area contributed by atoms with Crippen LogP contribution in [0.15, 0.2) is 23.4 Å². The van der Waals surface area contributed by atoms with Crippen LogP contribution in [0.5, 0.6) is 0 Å². The predicted molar refractivity (Wildman–Crippen MR) is 53.9 cm³/mol. The summed E-state index contributed by atoms with van der Waals surface area (Å²) < 4.78 is 38.7. The zero-order valence-electron chi connectivity index (χ0n) is 12.9. The Labute approximate surface area is 82.6 Å². The van der Waals surface area contributed by atoms with E-state index in [4.69, 9.17) is 6.85 Å². The SMILES string of the molecule is [2H]C([2H])([2H])C1=CNCC=C1C([2H])([2H])C(C)(C)C. The lowest BCUT2D eigenvalue weighted by Gasteiger charge is -2.23. The maximum Gasteiger partial charge on any atom is 0.0331 e. The van der Waals surface area contributed by atoms with Gasteiger partial charge in [0.15, 0.2) is 0 Å². The molecule has 1 N–H and O–H groups in total. The highest BCUT2D eigenvalue weighted by Gasteiger charge is 2.14. The number of allylic oxidation sites excluding steroid dienone is 2. The fourth-order valence-corrected chi connectivity index (χ4v) is 1.03. The van der Waals surface area contributed by atoms with Crippen LogP contribution in [0.2, 0.25) is 0 Å². The standard InChI is InChI=1S/C11H19N/c1-9-8-12-6-5-10(9)7-11(2,3)4/h5,8,12H,6-7H2,1-4H3/i1D3,7D2. The Bertz CT molecular complexity index is 357. The van der Waals surface area contributed by atoms with Crippen LogP contribution in [0, 0.1) is 5.41 Å². The molecule has 1 rings (SSSR count). The van der Waals surface area contributed by atoms with E-state index in [9.17, 15) is 0 Å². The summed E-state index contributed by atoms with van der Waals surface area (Å²) in [5.74, 6) is 0. The van der Waals surface area contributed by atoms with Gasteiger partial charge in [0.1, 0.15) is 0 Å². The van der Waals surface area contributed by atoms with Crippen LogP contribution < -0.4 is 5.32 Å². The van der Waals surface area contributed by atoms with Crippen molar-refractivity contribution in [3.63, 3.8) is 0 Å². The van der Waals surface area contributed by atoms with Crippen LogP contribution in [0.3, 0.4) is 0 Å². The van der Waals surface area contributed by atoms with E-state index in [1.54, 1.807) is 26.8 Å². The van der Waals surface area contributed by atoms with Gasteiger partial charge in [-0.15, -0.1) is 0 Å². The minimum absolute atomic E-state index is 0.0728. The van der Waals surface area contributed by atoms with Crippen LogP contribution in [0.4, 0.5) is 0 Å². The summed E-state index contributed by atoms with van der Waals surface area (Å²) in [6, 6.07) is 0. The van der Waals surface area contributed by atoms with Gasteiger partial charge in [0.25, 0.3) is 0 Å². The van der Waals surface area contributed by atoms with Crippen molar-refractivity contribution < 1.29 is 6.85 Å². The number of rotatable bonds is 1. The van der Waals surface area contributed by atoms with Gasteiger partial charge in [-0.3, -0.25) is 0 Å². The first-order valence-electron chi connectivity index (χ1n) is 6.63. The molecule has 1 aliphatic rings. The van der Waals surface area contributed by atoms with Gasteiger partial charge in [-0.2, -0.15) is 0 Å². The Balaban J connectivity index is 3.21. The molecular formula is C11H19N. The third kappa shape index (κ3) is 2.72. The first-order chi connectivity index (χ1) is 7.48. The molecule has 0 amide bonds. The second-order valence-electron chi connectivity index (χ2n) is 3.96. The Morgan fingerprint density at radius 2 is 2.42 bits per heavy atom. The molecule has 0 aromatic rings. The smallest absolute Gasteiger partial charge is 0.0331 e. The second kappa shape index (κ2) is 3.34. The molecule has 0 unspecified atom stereocenters. The highest BCUT2D eigenvalue weighted by molar-refractivity contribution is 5.32. The van der Waals surface area contributed by atoms with Gasteiger partial charge in [0, 0.05) is 13.4 Å². The molecule has 1 nitrogen and oxygen atoms in total. The van der Waals surface area contributed by atoms with Crippen LogP contribution in [-0.4, -0.2) is 6.54 Å². The quantitative estimate of drug-likeness (QED) is 0.638. The minimum atomic E-state index is -2.29. The zero-order chi connectivity index (χ0) is 13.5. The molecule has 68 valence electrons. The van der Waals surface area contributed by atoms with Gasteiger partial charge in [0.2, 0.25) is 0 Å². The van der Waals surface area contributed by atoms with E-state index in [-0.39, 0.29) is 11.1 Å². The molecule has 0 bridgehead atoms. The van der Waals surface area contributed by atoms with E-state index in [0.717, 1.165) is 0 Å². The maximum atomic E-state index is 8.16. The second-order valence-corrected chi connectivity index (χ2v) is 3.96. The minimum Gasteiger partial charge on any atom is -0.387 e. The Hall–Kier alpha value is -0.720. The summed E-state index contributed by atoms with van der Waals surface area (Å²) in [5.41, 5.74) is -0.298. The zero-order valence-corrected chi connectivity index (χ0v) is 7.86. The van der Waals surface area contributed by atoms with E-state index < -0.39 is 18.6 Å². The van der Waals surface area contributed by atoms with Crippen molar-refractivity contribution in [1.29, 1.82) is 0 Å². The third-order valence-electron chi connectivity index (χ3n) is 1.47.